The minimum Gasteiger partial charge on any atom is -0.504 e. The number of rotatable bonds is 4. The Morgan fingerprint density at radius 2 is 1.70 bits per heavy atom. The van der Waals surface area contributed by atoms with E-state index in [1.165, 1.54) is 21.6 Å². The summed E-state index contributed by atoms with van der Waals surface area (Å²) >= 11 is 1.73. The minimum absolute atomic E-state index is 0.128. The first-order valence-electron chi connectivity index (χ1n) is 10.8. The highest BCUT2D eigenvalue weighted by molar-refractivity contribution is 7.98. The number of aryl methyl sites for hydroxylation is 1. The number of thioether (sulfide) groups is 1. The molecule has 0 amide bonds. The maximum atomic E-state index is 11.1. The smallest absolute Gasteiger partial charge is 0.173 e. The molecule has 7 heteroatoms. The Morgan fingerprint density at radius 3 is 2.48 bits per heavy atom. The summed E-state index contributed by atoms with van der Waals surface area (Å²) in [6, 6.07) is 20.9. The quantitative estimate of drug-likeness (QED) is 0.321. The van der Waals surface area contributed by atoms with Crippen molar-refractivity contribution in [1.29, 1.82) is 0 Å². The highest BCUT2D eigenvalue weighted by Gasteiger charge is 2.22. The second-order valence-corrected chi connectivity index (χ2v) is 9.19. The van der Waals surface area contributed by atoms with E-state index < -0.39 is 0 Å². The lowest BCUT2D eigenvalue weighted by atomic mass is 10.0. The van der Waals surface area contributed by atoms with Gasteiger partial charge in [0.2, 0.25) is 0 Å². The van der Waals surface area contributed by atoms with Crippen molar-refractivity contribution in [3.05, 3.63) is 71.8 Å². The van der Waals surface area contributed by atoms with Gasteiger partial charge in [-0.3, -0.25) is 4.68 Å². The Hall–Kier alpha value is -3.55. The largest absolute Gasteiger partial charge is 0.504 e. The van der Waals surface area contributed by atoms with E-state index in [9.17, 15) is 5.11 Å². The predicted octanol–water partition coefficient (Wildman–Crippen LogP) is 5.33. The normalized spacial score (nSPS) is 13.0. The molecular weight excluding hydrogens is 430 g/mol. The van der Waals surface area contributed by atoms with E-state index in [-0.39, 0.29) is 5.75 Å². The van der Waals surface area contributed by atoms with Gasteiger partial charge in [0.1, 0.15) is 11.4 Å². The van der Waals surface area contributed by atoms with Gasteiger partial charge in [-0.2, -0.15) is 5.10 Å². The molecule has 0 unspecified atom stereocenters. The highest BCUT2D eigenvalue weighted by atomic mass is 32.2. The Labute approximate surface area is 195 Å². The zero-order valence-corrected chi connectivity index (χ0v) is 19.2. The van der Waals surface area contributed by atoms with Crippen LogP contribution < -0.4 is 5.32 Å². The predicted molar refractivity (Wildman–Crippen MR) is 133 cm³/mol. The van der Waals surface area contributed by atoms with Crippen LogP contribution in [-0.2, 0) is 20.1 Å². The van der Waals surface area contributed by atoms with Gasteiger partial charge in [0, 0.05) is 30.6 Å². The molecule has 0 fully saturated rings. The maximum absolute atomic E-state index is 11.1. The monoisotopic (exact) mass is 453 g/mol. The molecule has 0 aliphatic carbocycles. The van der Waals surface area contributed by atoms with Crippen LogP contribution in [0.5, 0.6) is 5.75 Å². The number of H-pyrrole nitrogens is 1. The van der Waals surface area contributed by atoms with Crippen LogP contribution in [0, 0.1) is 0 Å². The Morgan fingerprint density at radius 1 is 0.939 bits per heavy atom. The highest BCUT2D eigenvalue weighted by Crippen LogP contribution is 2.38. The zero-order valence-electron chi connectivity index (χ0n) is 18.4. The summed E-state index contributed by atoms with van der Waals surface area (Å²) < 4.78 is 1.69. The van der Waals surface area contributed by atoms with Crippen molar-refractivity contribution in [3.63, 3.8) is 0 Å². The van der Waals surface area contributed by atoms with Crippen molar-refractivity contribution in [1.82, 2.24) is 25.1 Å². The van der Waals surface area contributed by atoms with E-state index in [1.807, 2.05) is 19.2 Å². The second-order valence-electron chi connectivity index (χ2n) is 8.31. The van der Waals surface area contributed by atoms with Crippen LogP contribution in [0.2, 0.25) is 0 Å². The van der Waals surface area contributed by atoms with Crippen LogP contribution in [0.15, 0.2) is 65.6 Å². The number of hydrogen-bond donors (Lipinski definition) is 3. The van der Waals surface area contributed by atoms with Gasteiger partial charge in [0.25, 0.3) is 0 Å². The molecule has 0 saturated carbocycles. The summed E-state index contributed by atoms with van der Waals surface area (Å²) in [6.45, 7) is 1.74. The third-order valence-electron chi connectivity index (χ3n) is 6.24. The number of nitrogens with one attached hydrogen (secondary N) is 2. The van der Waals surface area contributed by atoms with E-state index >= 15 is 0 Å². The van der Waals surface area contributed by atoms with Crippen molar-refractivity contribution >= 4 is 22.8 Å². The topological polar surface area (TPSA) is 78.8 Å². The van der Waals surface area contributed by atoms with E-state index in [0.717, 1.165) is 35.2 Å². The number of benzene rings is 3. The average molecular weight is 454 g/mol. The molecule has 164 valence electrons. The third-order valence-corrected chi connectivity index (χ3v) is 6.97. The van der Waals surface area contributed by atoms with Gasteiger partial charge in [-0.15, -0.1) is 11.8 Å². The number of imidazole rings is 1. The summed E-state index contributed by atoms with van der Waals surface area (Å²) in [5, 5.41) is 19.1. The summed E-state index contributed by atoms with van der Waals surface area (Å²) in [5.41, 5.74) is 8.71. The van der Waals surface area contributed by atoms with Crippen LogP contribution in [0.4, 0.5) is 0 Å². The van der Waals surface area contributed by atoms with Crippen molar-refractivity contribution in [3.8, 4) is 39.7 Å². The number of aromatic nitrogens is 4. The van der Waals surface area contributed by atoms with Crippen LogP contribution in [0.3, 0.4) is 0 Å². The molecule has 1 aliphatic heterocycles. The third kappa shape index (κ3) is 3.41. The minimum atomic E-state index is 0.128. The van der Waals surface area contributed by atoms with E-state index in [1.54, 1.807) is 16.4 Å². The lowest BCUT2D eigenvalue weighted by Gasteiger charge is -2.05. The molecule has 0 saturated heterocycles. The summed E-state index contributed by atoms with van der Waals surface area (Å²) in [5.74, 6) is 0.744. The number of nitrogens with zero attached hydrogens (tertiary/aromatic N) is 3. The fraction of sp³-hybridized carbons (Fsp3) is 0.154. The van der Waals surface area contributed by atoms with Crippen LogP contribution in [-0.4, -0.2) is 31.1 Å². The van der Waals surface area contributed by atoms with Crippen LogP contribution in [0.1, 0.15) is 11.1 Å². The lowest BCUT2D eigenvalue weighted by molar-refractivity contribution is 0.478. The summed E-state index contributed by atoms with van der Waals surface area (Å²) in [7, 11) is 1.83. The van der Waals surface area contributed by atoms with E-state index in [4.69, 9.17) is 4.98 Å². The van der Waals surface area contributed by atoms with Gasteiger partial charge in [-0.25, -0.2) is 4.98 Å². The van der Waals surface area contributed by atoms with Crippen molar-refractivity contribution < 1.29 is 5.11 Å². The van der Waals surface area contributed by atoms with E-state index in [0.29, 0.717) is 17.2 Å². The molecule has 2 aromatic heterocycles. The van der Waals surface area contributed by atoms with Crippen molar-refractivity contribution in [2.24, 2.45) is 7.05 Å². The molecule has 3 aromatic carbocycles. The summed E-state index contributed by atoms with van der Waals surface area (Å²) in [6.07, 6.45) is 2.08. The number of aromatic amines is 1. The molecular formula is C26H23N5OS. The van der Waals surface area contributed by atoms with Gasteiger partial charge in [-0.1, -0.05) is 36.4 Å². The molecule has 0 atom stereocenters. The van der Waals surface area contributed by atoms with Crippen LogP contribution in [0.25, 0.3) is 44.9 Å². The summed E-state index contributed by atoms with van der Waals surface area (Å²) in [4.78, 5) is 9.35. The zero-order chi connectivity index (χ0) is 22.5. The molecule has 0 radical (unpaired) electrons. The second kappa shape index (κ2) is 7.79. The molecule has 6 nitrogen and oxygen atoms in total. The van der Waals surface area contributed by atoms with Crippen LogP contribution >= 0.6 is 11.8 Å². The molecule has 1 aliphatic rings. The number of aromatic hydroxyl groups is 1. The Balaban J connectivity index is 1.36. The number of fused-ring (bicyclic) bond motifs is 2. The molecule has 0 bridgehead atoms. The first-order chi connectivity index (χ1) is 16.1. The molecule has 0 spiro atoms. The average Bonchev–Trinajstić information content (AvgIpc) is 3.53. The van der Waals surface area contributed by atoms with Crippen molar-refractivity contribution in [2.75, 3.05) is 6.26 Å². The van der Waals surface area contributed by atoms with Gasteiger partial charge in [0.05, 0.1) is 11.0 Å². The standard InChI is InChI=1S/C26H23N5OS/c1-31-24(26-28-21-11-18-13-27-14-19(18)12-22(21)29-26)25(32)23(30-31)16-8-6-15(7-9-16)17-4-3-5-20(10-17)33-2/h3-12,27,32H,13-14H2,1-2H3,(H,28,29). The first kappa shape index (κ1) is 20.1. The van der Waals surface area contributed by atoms with Gasteiger partial charge >= 0.3 is 0 Å². The van der Waals surface area contributed by atoms with Gasteiger partial charge < -0.3 is 15.4 Å². The fourth-order valence-electron chi connectivity index (χ4n) is 4.51. The van der Waals surface area contributed by atoms with E-state index in [2.05, 4.69) is 70.2 Å². The first-order valence-corrected chi connectivity index (χ1v) is 12.1. The molecule has 5 aromatic rings. The van der Waals surface area contributed by atoms with Gasteiger partial charge in [-0.05, 0) is 52.8 Å². The van der Waals surface area contributed by atoms with Gasteiger partial charge in [0.15, 0.2) is 11.6 Å². The molecule has 33 heavy (non-hydrogen) atoms. The Bertz CT molecular complexity index is 1460. The lowest BCUT2D eigenvalue weighted by Crippen LogP contribution is -1.99. The maximum Gasteiger partial charge on any atom is 0.173 e. The van der Waals surface area contributed by atoms with Crippen molar-refractivity contribution in [2.45, 2.75) is 18.0 Å². The molecule has 3 heterocycles. The Kier molecular flexibility index (Phi) is 4.74. The SMILES string of the molecule is CSc1cccc(-c2ccc(-c3nn(C)c(-c4nc5cc6c(cc5[nH]4)CNC6)c3O)cc2)c1. The fourth-order valence-corrected chi connectivity index (χ4v) is 4.97. The molecule has 3 N–H and O–H groups in total. The molecule has 6 rings (SSSR count). The number of hydrogen-bond acceptors (Lipinski definition) is 5.